The highest BCUT2D eigenvalue weighted by Crippen LogP contribution is 2.33. The van der Waals surface area contributed by atoms with Crippen molar-refractivity contribution >= 4 is 5.57 Å². The first-order chi connectivity index (χ1) is 12.8. The lowest BCUT2D eigenvalue weighted by Crippen LogP contribution is -1.98. The van der Waals surface area contributed by atoms with Crippen molar-refractivity contribution in [3.63, 3.8) is 0 Å². The van der Waals surface area contributed by atoms with Crippen LogP contribution in [-0.2, 0) is 0 Å². The molecular weight excluding hydrogens is 316 g/mol. The van der Waals surface area contributed by atoms with E-state index in [2.05, 4.69) is 73.0 Å². The molecule has 0 amide bonds. The number of rotatable bonds is 6. The molecule has 1 heteroatoms. The molecule has 1 atom stereocenters. The first-order valence-corrected chi connectivity index (χ1v) is 8.65. The van der Waals surface area contributed by atoms with E-state index >= 15 is 0 Å². The summed E-state index contributed by atoms with van der Waals surface area (Å²) in [6.45, 7) is 3.78. The third kappa shape index (κ3) is 4.03. The Morgan fingerprint density at radius 2 is 1.38 bits per heavy atom. The van der Waals surface area contributed by atoms with Crippen LogP contribution in [0.1, 0.15) is 22.6 Å². The number of para-hydroxylation sites is 1. The fourth-order valence-corrected chi connectivity index (χ4v) is 3.07. The molecule has 26 heavy (non-hydrogen) atoms. The average Bonchev–Trinajstić information content (AvgIpc) is 2.72. The molecule has 0 bridgehead atoms. The summed E-state index contributed by atoms with van der Waals surface area (Å²) >= 11 is 0. The van der Waals surface area contributed by atoms with Gasteiger partial charge < -0.3 is 4.74 Å². The molecule has 3 aromatic carbocycles. The Kier molecular flexibility index (Phi) is 5.88. The summed E-state index contributed by atoms with van der Waals surface area (Å²) in [6.07, 6.45) is 4.23. The smallest absolute Gasteiger partial charge is 0.122 e. The molecule has 0 radical (unpaired) electrons. The van der Waals surface area contributed by atoms with Crippen molar-refractivity contribution in [2.24, 2.45) is 0 Å². The molecule has 0 aliphatic rings. The molecule has 3 rings (SSSR count). The van der Waals surface area contributed by atoms with Crippen LogP contribution in [0.4, 0.5) is 0 Å². The van der Waals surface area contributed by atoms with E-state index in [0.717, 1.165) is 11.3 Å². The topological polar surface area (TPSA) is 9.23 Å². The van der Waals surface area contributed by atoms with Crippen LogP contribution in [0.15, 0.2) is 109 Å². The first kappa shape index (κ1) is 17.5. The van der Waals surface area contributed by atoms with Crippen LogP contribution in [0.25, 0.3) is 5.57 Å². The summed E-state index contributed by atoms with van der Waals surface area (Å²) in [5.74, 6) is 0.875. The third-order valence-corrected chi connectivity index (χ3v) is 4.31. The van der Waals surface area contributed by atoms with Crippen molar-refractivity contribution in [3.8, 4) is 5.75 Å². The van der Waals surface area contributed by atoms with Crippen molar-refractivity contribution in [2.45, 2.75) is 5.92 Å². The van der Waals surface area contributed by atoms with Gasteiger partial charge in [-0.15, -0.1) is 5.73 Å². The monoisotopic (exact) mass is 338 g/mol. The van der Waals surface area contributed by atoms with Crippen molar-refractivity contribution < 1.29 is 4.74 Å². The number of allylic oxidation sites excluding steroid dienone is 2. The quantitative estimate of drug-likeness (QED) is 0.483. The Morgan fingerprint density at radius 3 is 1.92 bits per heavy atom. The summed E-state index contributed by atoms with van der Waals surface area (Å²) in [5.41, 5.74) is 7.57. The number of ether oxygens (including phenoxy) is 1. The van der Waals surface area contributed by atoms with Crippen molar-refractivity contribution in [1.29, 1.82) is 0 Å². The van der Waals surface area contributed by atoms with Crippen LogP contribution < -0.4 is 4.74 Å². The van der Waals surface area contributed by atoms with Gasteiger partial charge in [-0.3, -0.25) is 0 Å². The second-order valence-electron chi connectivity index (χ2n) is 5.95. The van der Waals surface area contributed by atoms with Gasteiger partial charge in [0.1, 0.15) is 5.75 Å². The second kappa shape index (κ2) is 8.71. The molecule has 0 saturated heterocycles. The molecular formula is C25H22O. The number of benzene rings is 3. The van der Waals surface area contributed by atoms with E-state index in [-0.39, 0.29) is 5.92 Å². The molecule has 0 fully saturated rings. The Hall–Kier alpha value is -3.28. The van der Waals surface area contributed by atoms with Gasteiger partial charge >= 0.3 is 0 Å². The summed E-state index contributed by atoms with van der Waals surface area (Å²) in [6, 6.07) is 28.9. The molecule has 0 aromatic heterocycles. The van der Waals surface area contributed by atoms with Gasteiger partial charge in [0.25, 0.3) is 0 Å². The van der Waals surface area contributed by atoms with Crippen molar-refractivity contribution in [1.82, 2.24) is 0 Å². The van der Waals surface area contributed by atoms with Crippen molar-refractivity contribution in [3.05, 3.63) is 126 Å². The lowest BCUT2D eigenvalue weighted by atomic mass is 9.90. The molecule has 0 aliphatic heterocycles. The maximum absolute atomic E-state index is 5.57. The van der Waals surface area contributed by atoms with Crippen LogP contribution in [0.3, 0.4) is 0 Å². The third-order valence-electron chi connectivity index (χ3n) is 4.31. The number of hydrogen-bond donors (Lipinski definition) is 0. The predicted octanol–water partition coefficient (Wildman–Crippen LogP) is 6.25. The summed E-state index contributed by atoms with van der Waals surface area (Å²) in [5, 5.41) is 0. The maximum Gasteiger partial charge on any atom is 0.122 e. The minimum atomic E-state index is 0.0130. The molecule has 128 valence electrons. The molecule has 0 aliphatic carbocycles. The molecule has 0 N–H and O–H groups in total. The lowest BCUT2D eigenvalue weighted by molar-refractivity contribution is 0.409. The van der Waals surface area contributed by atoms with Crippen molar-refractivity contribution in [2.75, 3.05) is 7.11 Å². The first-order valence-electron chi connectivity index (χ1n) is 8.65. The van der Waals surface area contributed by atoms with Gasteiger partial charge in [-0.2, -0.15) is 0 Å². The molecule has 0 spiro atoms. The van der Waals surface area contributed by atoms with Crippen LogP contribution >= 0.6 is 0 Å². The van der Waals surface area contributed by atoms with Gasteiger partial charge in [0.15, 0.2) is 0 Å². The van der Waals surface area contributed by atoms with Gasteiger partial charge in [0.2, 0.25) is 0 Å². The van der Waals surface area contributed by atoms with Gasteiger partial charge in [-0.05, 0) is 28.8 Å². The molecule has 3 aromatic rings. The van der Waals surface area contributed by atoms with E-state index in [0.29, 0.717) is 0 Å². The highest BCUT2D eigenvalue weighted by Gasteiger charge is 2.14. The Bertz CT molecular complexity index is 875. The van der Waals surface area contributed by atoms with Gasteiger partial charge in [-0.25, -0.2) is 0 Å². The van der Waals surface area contributed by atoms with Crippen LogP contribution in [-0.4, -0.2) is 7.11 Å². The molecule has 1 nitrogen and oxygen atoms in total. The Morgan fingerprint density at radius 1 is 0.846 bits per heavy atom. The van der Waals surface area contributed by atoms with Gasteiger partial charge in [-0.1, -0.05) is 91.5 Å². The van der Waals surface area contributed by atoms with Gasteiger partial charge in [0, 0.05) is 11.5 Å². The maximum atomic E-state index is 5.57. The molecule has 0 saturated carbocycles. The standard InChI is InChI=1S/C25H22O/c1-3-12-22(23-17-10-11-18-25(23)26-2)19-24(20-13-6-4-7-14-20)21-15-8-5-9-16-21/h4-19,22H,1H2,2H3. The minimum Gasteiger partial charge on any atom is -0.496 e. The summed E-state index contributed by atoms with van der Waals surface area (Å²) < 4.78 is 5.57. The minimum absolute atomic E-state index is 0.0130. The summed E-state index contributed by atoms with van der Waals surface area (Å²) in [4.78, 5) is 0. The number of hydrogen-bond acceptors (Lipinski definition) is 1. The van der Waals surface area contributed by atoms with Gasteiger partial charge in [0.05, 0.1) is 7.11 Å². The second-order valence-corrected chi connectivity index (χ2v) is 5.95. The van der Waals surface area contributed by atoms with Crippen LogP contribution in [0.2, 0.25) is 0 Å². The van der Waals surface area contributed by atoms with E-state index in [9.17, 15) is 0 Å². The van der Waals surface area contributed by atoms with Crippen LogP contribution in [0, 0.1) is 0 Å². The SMILES string of the molecule is C=C=CC(C=C(c1ccccc1)c1ccccc1)c1ccccc1OC. The zero-order valence-corrected chi connectivity index (χ0v) is 14.9. The lowest BCUT2D eigenvalue weighted by Gasteiger charge is -2.16. The summed E-state index contributed by atoms with van der Waals surface area (Å²) in [7, 11) is 1.70. The fraction of sp³-hybridized carbons (Fsp3) is 0.0800. The van der Waals surface area contributed by atoms with Crippen LogP contribution in [0.5, 0.6) is 5.75 Å². The Balaban J connectivity index is 2.17. The normalized spacial score (nSPS) is 11.1. The highest BCUT2D eigenvalue weighted by atomic mass is 16.5. The molecule has 0 heterocycles. The number of methoxy groups -OCH3 is 1. The van der Waals surface area contributed by atoms with E-state index in [1.807, 2.05) is 36.4 Å². The zero-order chi connectivity index (χ0) is 18.2. The van der Waals surface area contributed by atoms with E-state index in [1.165, 1.54) is 16.7 Å². The average molecular weight is 338 g/mol. The van der Waals surface area contributed by atoms with E-state index in [4.69, 9.17) is 4.74 Å². The zero-order valence-electron chi connectivity index (χ0n) is 14.9. The Labute approximate surface area is 155 Å². The van der Waals surface area contributed by atoms with E-state index in [1.54, 1.807) is 7.11 Å². The predicted molar refractivity (Wildman–Crippen MR) is 109 cm³/mol. The largest absolute Gasteiger partial charge is 0.496 e. The molecule has 1 unspecified atom stereocenters. The highest BCUT2D eigenvalue weighted by molar-refractivity contribution is 5.80. The fourth-order valence-electron chi connectivity index (χ4n) is 3.07. The van der Waals surface area contributed by atoms with E-state index < -0.39 is 0 Å².